The predicted octanol–water partition coefficient (Wildman–Crippen LogP) is 12.0. The molecule has 0 aliphatic carbocycles. The second-order valence-electron chi connectivity index (χ2n) is 13.4. The number of oxazole rings is 1. The van der Waals surface area contributed by atoms with Crippen LogP contribution >= 0.6 is 0 Å². The molecule has 8 aromatic carbocycles. The van der Waals surface area contributed by atoms with E-state index < -0.39 is 0 Å². The first-order chi connectivity index (χ1) is 26.8. The number of aromatic nitrogens is 4. The molecule has 54 heavy (non-hydrogen) atoms. The number of hydrogen-bond donors (Lipinski definition) is 0. The fourth-order valence-corrected chi connectivity index (χ4v) is 10.5. The van der Waals surface area contributed by atoms with E-state index in [1.54, 1.807) is 0 Å². The van der Waals surface area contributed by atoms with E-state index in [9.17, 15) is 0 Å². The summed E-state index contributed by atoms with van der Waals surface area (Å²) in [4.78, 5) is 20.5. The third-order valence-corrected chi connectivity index (χ3v) is 12.9. The van der Waals surface area contributed by atoms with Gasteiger partial charge in [0.15, 0.2) is 0 Å². The zero-order valence-electron chi connectivity index (χ0n) is 28.8. The van der Waals surface area contributed by atoms with Gasteiger partial charge in [0.1, 0.15) is 0 Å². The van der Waals surface area contributed by atoms with Crippen molar-refractivity contribution in [3.05, 3.63) is 170 Å². The van der Waals surface area contributed by atoms with Crippen molar-refractivity contribution < 1.29 is 4.42 Å². The average Bonchev–Trinajstić information content (AvgIpc) is 3.86. The Morgan fingerprint density at radius 2 is 0.926 bits per heavy atom. The molecule has 252 valence electrons. The first-order valence-electron chi connectivity index (χ1n) is 17.9. The maximum absolute atomic E-state index is 6.53. The van der Waals surface area contributed by atoms with Crippen LogP contribution in [-0.2, 0) is 0 Å². The Morgan fingerprint density at radius 3 is 1.65 bits per heavy atom. The quantitative estimate of drug-likeness (QED) is 0.129. The van der Waals surface area contributed by atoms with Crippen LogP contribution in [0.1, 0.15) is 0 Å². The predicted molar refractivity (Wildman–Crippen MR) is 222 cm³/mol. The van der Waals surface area contributed by atoms with E-state index in [0.29, 0.717) is 23.4 Å². The van der Waals surface area contributed by atoms with Crippen molar-refractivity contribution in [3.8, 4) is 56.7 Å². The molecule has 5 nitrogen and oxygen atoms in total. The van der Waals surface area contributed by atoms with E-state index in [1.165, 1.54) is 30.4 Å². The molecule has 0 radical (unpaired) electrons. The van der Waals surface area contributed by atoms with Crippen molar-refractivity contribution in [2.45, 2.75) is 0 Å². The van der Waals surface area contributed by atoms with Crippen molar-refractivity contribution in [2.24, 2.45) is 0 Å². The van der Waals surface area contributed by atoms with Crippen LogP contribution in [0.3, 0.4) is 0 Å². The molecule has 11 rings (SSSR count). The third-order valence-electron chi connectivity index (χ3n) is 10.2. The van der Waals surface area contributed by atoms with Crippen LogP contribution in [0.5, 0.6) is 0 Å². The number of rotatable bonds is 5. The van der Waals surface area contributed by atoms with Crippen LogP contribution in [0.15, 0.2) is 174 Å². The number of hydrogen-bond acceptors (Lipinski definition) is 5. The SMILES string of the molecule is c1ccc(-c2nc(-c3cccc4c3ccc3ccc5nc(-c6ccccc6)oc5c34)nc(-c3cccc4c3[se]c3c(-c5ccccc5)cccc34)n2)cc1. The van der Waals surface area contributed by atoms with Gasteiger partial charge >= 0.3 is 282 Å². The zero-order valence-corrected chi connectivity index (χ0v) is 30.5. The van der Waals surface area contributed by atoms with Gasteiger partial charge in [-0.05, 0) is 12.1 Å². The van der Waals surface area contributed by atoms with Gasteiger partial charge < -0.3 is 0 Å². The summed E-state index contributed by atoms with van der Waals surface area (Å²) in [6.45, 7) is 0. The van der Waals surface area contributed by atoms with Gasteiger partial charge in [0.2, 0.25) is 0 Å². The van der Waals surface area contributed by atoms with E-state index in [4.69, 9.17) is 24.4 Å². The van der Waals surface area contributed by atoms with Gasteiger partial charge in [-0.15, -0.1) is 0 Å². The minimum absolute atomic E-state index is 0.0484. The second kappa shape index (κ2) is 12.5. The molecule has 3 heterocycles. The van der Waals surface area contributed by atoms with Crippen LogP contribution in [-0.4, -0.2) is 34.4 Å². The van der Waals surface area contributed by atoms with E-state index in [0.717, 1.165) is 54.9 Å². The Morgan fingerprint density at radius 1 is 0.370 bits per heavy atom. The van der Waals surface area contributed by atoms with Crippen LogP contribution in [0.2, 0.25) is 0 Å². The monoisotopic (exact) mass is 756 g/mol. The Labute approximate surface area is 316 Å². The van der Waals surface area contributed by atoms with Gasteiger partial charge in [-0.2, -0.15) is 0 Å². The molecule has 0 unspecified atom stereocenters. The van der Waals surface area contributed by atoms with Crippen molar-refractivity contribution in [2.75, 3.05) is 0 Å². The fourth-order valence-electron chi connectivity index (χ4n) is 7.63. The average molecular weight is 756 g/mol. The van der Waals surface area contributed by atoms with Gasteiger partial charge in [0.05, 0.1) is 0 Å². The normalized spacial score (nSPS) is 11.7. The van der Waals surface area contributed by atoms with E-state index >= 15 is 0 Å². The fraction of sp³-hybridized carbons (Fsp3) is 0. The summed E-state index contributed by atoms with van der Waals surface area (Å²) in [5, 5.41) is 6.75. The van der Waals surface area contributed by atoms with E-state index in [2.05, 4.69) is 115 Å². The molecule has 0 aliphatic heterocycles. The molecule has 0 saturated heterocycles. The van der Waals surface area contributed by atoms with Crippen molar-refractivity contribution >= 4 is 66.4 Å². The number of nitrogens with zero attached hydrogens (tertiary/aromatic N) is 4. The van der Waals surface area contributed by atoms with Crippen LogP contribution < -0.4 is 0 Å². The molecule has 3 aromatic heterocycles. The molecule has 0 N–H and O–H groups in total. The summed E-state index contributed by atoms with van der Waals surface area (Å²) in [5.74, 6) is 2.55. The van der Waals surface area contributed by atoms with Gasteiger partial charge in [-0.1, -0.05) is 18.2 Å². The summed E-state index contributed by atoms with van der Waals surface area (Å²) in [6, 6.07) is 59.0. The van der Waals surface area contributed by atoms with Gasteiger partial charge in [-0.25, -0.2) is 0 Å². The van der Waals surface area contributed by atoms with Crippen LogP contribution in [0, 0.1) is 0 Å². The van der Waals surface area contributed by atoms with Crippen LogP contribution in [0.4, 0.5) is 0 Å². The maximum atomic E-state index is 6.53. The molecule has 0 atom stereocenters. The Kier molecular flexibility index (Phi) is 7.12. The van der Waals surface area contributed by atoms with Crippen molar-refractivity contribution in [3.63, 3.8) is 0 Å². The van der Waals surface area contributed by atoms with Gasteiger partial charge in [0, 0.05) is 5.56 Å². The standard InChI is InChI=1S/C48H28N4OSe/c1-4-13-29(14-5-1)33-19-10-21-36-37-22-12-24-39(44(37)54-43(33)36)47-51-45(31-15-6-2-7-16-31)50-46(52-47)38-23-11-20-35-34(38)27-25-30-26-28-40-42(41(30)35)53-48(49-40)32-17-8-3-9-18-32/h1-28H. The summed E-state index contributed by atoms with van der Waals surface area (Å²) in [6.07, 6.45) is 0. The third kappa shape index (κ3) is 5.00. The first-order valence-corrected chi connectivity index (χ1v) is 19.6. The summed E-state index contributed by atoms with van der Waals surface area (Å²) >= 11 is 0.0484. The molecule has 0 bridgehead atoms. The molecular formula is C48H28N4OSe. The van der Waals surface area contributed by atoms with Gasteiger partial charge in [-0.3, -0.25) is 0 Å². The summed E-state index contributed by atoms with van der Waals surface area (Å²) in [7, 11) is 0. The molecule has 6 heteroatoms. The molecule has 0 aliphatic rings. The Bertz CT molecular complexity index is 3210. The molecule has 0 saturated carbocycles. The number of benzene rings is 8. The topological polar surface area (TPSA) is 64.7 Å². The van der Waals surface area contributed by atoms with Crippen molar-refractivity contribution in [1.82, 2.24) is 19.9 Å². The molecular weight excluding hydrogens is 728 g/mol. The van der Waals surface area contributed by atoms with Crippen LogP contribution in [0.25, 0.3) is 109 Å². The van der Waals surface area contributed by atoms with E-state index in [1.807, 2.05) is 54.6 Å². The Hall–Kier alpha value is -6.72. The first kappa shape index (κ1) is 30.9. The molecule has 0 fully saturated rings. The van der Waals surface area contributed by atoms with Crippen molar-refractivity contribution in [1.29, 1.82) is 0 Å². The Balaban J connectivity index is 1.14. The summed E-state index contributed by atoms with van der Waals surface area (Å²) in [5.41, 5.74) is 7.99. The summed E-state index contributed by atoms with van der Waals surface area (Å²) < 4.78 is 9.22. The second-order valence-corrected chi connectivity index (χ2v) is 15.5. The van der Waals surface area contributed by atoms with Gasteiger partial charge in [0.25, 0.3) is 0 Å². The molecule has 0 spiro atoms. The van der Waals surface area contributed by atoms with E-state index in [-0.39, 0.29) is 14.5 Å². The molecule has 11 aromatic rings. The molecule has 0 amide bonds. The zero-order chi connectivity index (χ0) is 35.6. The minimum atomic E-state index is 0.0484. The number of fused-ring (bicyclic) bond motifs is 8.